The van der Waals surface area contributed by atoms with Crippen LogP contribution in [-0.2, 0) is 0 Å². The molecule has 0 spiro atoms. The molecule has 190 valence electrons. The van der Waals surface area contributed by atoms with Gasteiger partial charge in [0, 0.05) is 44.0 Å². The van der Waals surface area contributed by atoms with Gasteiger partial charge in [-0.15, -0.1) is 0 Å². The van der Waals surface area contributed by atoms with E-state index in [9.17, 15) is 0 Å². The first-order valence-electron chi connectivity index (χ1n) is 14.7. The van der Waals surface area contributed by atoms with Crippen LogP contribution in [0.2, 0.25) is 0 Å². The maximum atomic E-state index is 5.00. The lowest BCUT2D eigenvalue weighted by Gasteiger charge is -2.37. The first-order valence-corrected chi connectivity index (χ1v) is 14.7. The van der Waals surface area contributed by atoms with Gasteiger partial charge in [0.1, 0.15) is 5.82 Å². The fourth-order valence-corrected chi connectivity index (χ4v) is 7.05. The Morgan fingerprint density at radius 3 is 2.29 bits per heavy atom. The van der Waals surface area contributed by atoms with Crippen LogP contribution in [0, 0.1) is 0 Å². The summed E-state index contributed by atoms with van der Waals surface area (Å²) in [6.45, 7) is 7.42. The van der Waals surface area contributed by atoms with Gasteiger partial charge in [-0.25, -0.2) is 4.98 Å². The summed E-state index contributed by atoms with van der Waals surface area (Å²) in [4.78, 5) is 17.7. The minimum Gasteiger partial charge on any atom is -0.356 e. The number of rotatable bonds is 8. The number of hydrogen-bond donors (Lipinski definition) is 1. The first kappa shape index (κ1) is 24.3. The zero-order valence-electron chi connectivity index (χ0n) is 21.5. The predicted octanol–water partition coefficient (Wildman–Crippen LogP) is 5.31. The lowest BCUT2D eigenvalue weighted by atomic mass is 9.92. The van der Waals surface area contributed by atoms with Crippen molar-refractivity contribution in [2.24, 2.45) is 0 Å². The molecule has 2 atom stereocenters. The van der Waals surface area contributed by atoms with Crippen LogP contribution in [-0.4, -0.2) is 77.2 Å². The molecule has 1 saturated carbocycles. The van der Waals surface area contributed by atoms with Gasteiger partial charge in [-0.3, -0.25) is 4.90 Å². The molecule has 1 N–H and O–H groups in total. The van der Waals surface area contributed by atoms with Gasteiger partial charge in [0.05, 0.1) is 0 Å². The van der Waals surface area contributed by atoms with Gasteiger partial charge >= 0.3 is 0 Å². The Morgan fingerprint density at radius 1 is 0.794 bits per heavy atom. The summed E-state index contributed by atoms with van der Waals surface area (Å²) in [5.41, 5.74) is 0. The van der Waals surface area contributed by atoms with Crippen molar-refractivity contribution in [3.05, 3.63) is 12.3 Å². The summed E-state index contributed by atoms with van der Waals surface area (Å²) < 4.78 is 0. The lowest BCUT2D eigenvalue weighted by molar-refractivity contribution is 0.127. The lowest BCUT2D eigenvalue weighted by Crippen LogP contribution is -2.45. The van der Waals surface area contributed by atoms with Crippen LogP contribution in [0.3, 0.4) is 0 Å². The number of nitrogens with zero attached hydrogens (tertiary/aromatic N) is 5. The highest BCUT2D eigenvalue weighted by atomic mass is 15.3. The minimum atomic E-state index is 0.475. The molecule has 1 aromatic rings. The largest absolute Gasteiger partial charge is 0.356 e. The summed E-state index contributed by atoms with van der Waals surface area (Å²) >= 11 is 0. The van der Waals surface area contributed by atoms with Crippen LogP contribution in [0.1, 0.15) is 96.3 Å². The van der Waals surface area contributed by atoms with E-state index in [2.05, 4.69) is 31.1 Å². The summed E-state index contributed by atoms with van der Waals surface area (Å²) in [5, 5.41) is 3.84. The van der Waals surface area contributed by atoms with E-state index in [1.54, 1.807) is 0 Å². The number of piperidine rings is 1. The van der Waals surface area contributed by atoms with Crippen LogP contribution in [0.4, 0.5) is 11.8 Å². The molecule has 1 aromatic heterocycles. The van der Waals surface area contributed by atoms with Gasteiger partial charge < -0.3 is 15.1 Å². The highest BCUT2D eigenvalue weighted by Gasteiger charge is 2.38. The Labute approximate surface area is 207 Å². The monoisotopic (exact) mass is 468 g/mol. The zero-order chi connectivity index (χ0) is 23.0. The molecule has 0 aromatic carbocycles. The first-order chi connectivity index (χ1) is 16.9. The Bertz CT molecular complexity index is 721. The summed E-state index contributed by atoms with van der Waals surface area (Å²) in [6, 6.07) is 4.00. The molecule has 3 aliphatic heterocycles. The van der Waals surface area contributed by atoms with Crippen molar-refractivity contribution in [2.75, 3.05) is 49.5 Å². The molecular formula is C28H48N6. The molecule has 0 amide bonds. The summed E-state index contributed by atoms with van der Waals surface area (Å²) in [6.07, 6.45) is 22.4. The number of hydrogen-bond acceptors (Lipinski definition) is 6. The van der Waals surface area contributed by atoms with Crippen LogP contribution in [0.25, 0.3) is 0 Å². The van der Waals surface area contributed by atoms with Crippen molar-refractivity contribution in [2.45, 2.75) is 114 Å². The van der Waals surface area contributed by atoms with Crippen molar-refractivity contribution in [1.29, 1.82) is 0 Å². The van der Waals surface area contributed by atoms with Crippen LogP contribution >= 0.6 is 0 Å². The van der Waals surface area contributed by atoms with E-state index in [1.807, 2.05) is 6.20 Å². The quantitative estimate of drug-likeness (QED) is 0.558. The van der Waals surface area contributed by atoms with E-state index in [0.717, 1.165) is 30.9 Å². The van der Waals surface area contributed by atoms with Gasteiger partial charge in [-0.1, -0.05) is 38.5 Å². The molecule has 4 fully saturated rings. The third-order valence-electron chi connectivity index (χ3n) is 8.94. The average Bonchev–Trinajstić information content (AvgIpc) is 3.09. The maximum absolute atomic E-state index is 5.00. The predicted molar refractivity (Wildman–Crippen MR) is 142 cm³/mol. The van der Waals surface area contributed by atoms with Crippen molar-refractivity contribution in [3.63, 3.8) is 0 Å². The van der Waals surface area contributed by atoms with Crippen molar-refractivity contribution < 1.29 is 0 Å². The smallest absolute Gasteiger partial charge is 0.224 e. The van der Waals surface area contributed by atoms with E-state index >= 15 is 0 Å². The van der Waals surface area contributed by atoms with E-state index in [1.165, 1.54) is 122 Å². The van der Waals surface area contributed by atoms with Crippen molar-refractivity contribution >= 4 is 11.8 Å². The van der Waals surface area contributed by atoms with Crippen LogP contribution < -0.4 is 10.2 Å². The zero-order valence-corrected chi connectivity index (χ0v) is 21.5. The molecule has 0 bridgehead atoms. The molecule has 0 radical (unpaired) electrons. The number of anilines is 2. The second kappa shape index (κ2) is 12.5. The van der Waals surface area contributed by atoms with Gasteiger partial charge in [0.25, 0.3) is 0 Å². The SMILES string of the molecule is c1cc(N2CCCCCC2)nc(N[C@H]2CCN(C3CCCCC3)[C@@H]2CCCN2CCCCC2)n1. The average molecular weight is 469 g/mol. The van der Waals surface area contributed by atoms with E-state index in [0.29, 0.717) is 12.1 Å². The summed E-state index contributed by atoms with van der Waals surface area (Å²) in [5.74, 6) is 1.96. The van der Waals surface area contributed by atoms with Crippen molar-refractivity contribution in [1.82, 2.24) is 19.8 Å². The number of likely N-dealkylation sites (tertiary alicyclic amines) is 2. The van der Waals surface area contributed by atoms with Crippen LogP contribution in [0.5, 0.6) is 0 Å². The molecule has 6 nitrogen and oxygen atoms in total. The highest BCUT2D eigenvalue weighted by molar-refractivity contribution is 5.43. The van der Waals surface area contributed by atoms with Gasteiger partial charge in [-0.2, -0.15) is 4.98 Å². The number of aromatic nitrogens is 2. The van der Waals surface area contributed by atoms with Gasteiger partial charge in [0.15, 0.2) is 0 Å². The maximum Gasteiger partial charge on any atom is 0.224 e. The fraction of sp³-hybridized carbons (Fsp3) is 0.857. The third kappa shape index (κ3) is 6.42. The molecule has 6 heteroatoms. The molecule has 1 aliphatic carbocycles. The molecule has 34 heavy (non-hydrogen) atoms. The topological polar surface area (TPSA) is 47.5 Å². The Morgan fingerprint density at radius 2 is 1.50 bits per heavy atom. The Hall–Kier alpha value is -1.40. The van der Waals surface area contributed by atoms with E-state index in [4.69, 9.17) is 4.98 Å². The highest BCUT2D eigenvalue weighted by Crippen LogP contribution is 2.33. The Kier molecular flexibility index (Phi) is 8.95. The van der Waals surface area contributed by atoms with E-state index in [-0.39, 0.29) is 0 Å². The normalized spacial score (nSPS) is 28.2. The summed E-state index contributed by atoms with van der Waals surface area (Å²) in [7, 11) is 0. The molecule has 0 unspecified atom stereocenters. The number of nitrogens with one attached hydrogen (secondary N) is 1. The fourth-order valence-electron chi connectivity index (χ4n) is 7.05. The Balaban J connectivity index is 1.23. The molecule has 5 rings (SSSR count). The molecule has 4 aliphatic rings. The van der Waals surface area contributed by atoms with Crippen LogP contribution in [0.15, 0.2) is 12.3 Å². The van der Waals surface area contributed by atoms with Crippen molar-refractivity contribution in [3.8, 4) is 0 Å². The third-order valence-corrected chi connectivity index (χ3v) is 8.94. The molecule has 3 saturated heterocycles. The standard InChI is InChI=1S/C28H48N6/c1-2-10-22-33(21-9-1)27-15-17-29-28(31-27)30-25-16-23-34(24-12-5-3-6-13-24)26(25)14-11-20-32-18-7-4-8-19-32/h15,17,24-26H,1-14,16,18-23H2,(H,29,30,31)/t25-,26+/m0/s1. The second-order valence-electron chi connectivity index (χ2n) is 11.3. The van der Waals surface area contributed by atoms with Gasteiger partial charge in [0.2, 0.25) is 5.95 Å². The van der Waals surface area contributed by atoms with Gasteiger partial charge in [-0.05, 0) is 83.5 Å². The van der Waals surface area contributed by atoms with E-state index < -0.39 is 0 Å². The minimum absolute atomic E-state index is 0.475. The molecule has 4 heterocycles. The second-order valence-corrected chi connectivity index (χ2v) is 11.3. The molecular weight excluding hydrogens is 420 g/mol.